The smallest absolute Gasteiger partial charge is 0.117 e. The van der Waals surface area contributed by atoms with Gasteiger partial charge in [0.2, 0.25) is 0 Å². The van der Waals surface area contributed by atoms with Gasteiger partial charge in [-0.25, -0.2) is 0 Å². The molecule has 1 aromatic heterocycles. The first-order valence-corrected chi connectivity index (χ1v) is 27.1. The van der Waals surface area contributed by atoms with E-state index >= 15 is 0 Å². The van der Waals surface area contributed by atoms with Gasteiger partial charge in [0.05, 0.1) is 0 Å². The first-order chi connectivity index (χ1) is 43.6. The van der Waals surface area contributed by atoms with E-state index in [1.165, 1.54) is 4.57 Å². The first kappa shape index (κ1) is 71.8. The molecule has 2 nitrogen and oxygen atoms in total. The number of nitrogens with zero attached hydrogens (tertiary/aromatic N) is 2. The summed E-state index contributed by atoms with van der Waals surface area (Å²) in [6.07, 6.45) is 0. The fourth-order valence-electron chi connectivity index (χ4n) is 12.2. The molecule has 0 saturated carbocycles. The molecule has 0 atom stereocenters. The van der Waals surface area contributed by atoms with E-state index in [1.54, 1.807) is 0 Å². The average molecular weight is 1090 g/mol. The third kappa shape index (κ3) is 9.91. The molecule has 1 heterocycles. The molecule has 0 fully saturated rings. The van der Waals surface area contributed by atoms with Crippen LogP contribution in [0.1, 0.15) is 0 Å². The third-order valence-corrected chi connectivity index (χ3v) is 17.4. The predicted octanol–water partition coefficient (Wildman–Crippen LogP) is -30.9. The lowest BCUT2D eigenvalue weighted by Gasteiger charge is -2.41. The van der Waals surface area contributed by atoms with Gasteiger partial charge in [-0.05, 0) is 44.5 Å². The first-order valence-electron chi connectivity index (χ1n) is 27.1. The summed E-state index contributed by atoms with van der Waals surface area (Å²) in [6.45, 7) is 0. The van der Waals surface area contributed by atoms with Gasteiger partial charge < -0.3 is 9.47 Å². The zero-order valence-electron chi connectivity index (χ0n) is 49.8. The van der Waals surface area contributed by atoms with Gasteiger partial charge >= 0.3 is 0 Å². The van der Waals surface area contributed by atoms with E-state index < -0.39 is 99.0 Å². The van der Waals surface area contributed by atoms with Gasteiger partial charge in [-0.3, -0.25) is 0 Å². The molecule has 0 N–H and O–H groups in total. The molecule has 0 amide bonds. The van der Waals surface area contributed by atoms with E-state index in [-0.39, 0.29) is 198 Å². The summed E-state index contributed by atoms with van der Waals surface area (Å²) in [4.78, 5) is 1.06. The second-order valence-electron chi connectivity index (χ2n) is 22.2. The van der Waals surface area contributed by atoms with Crippen molar-refractivity contribution in [2.24, 2.45) is 0 Å². The number of rotatable bonds is 8. The highest BCUT2D eigenvalue weighted by Gasteiger charge is 2.34. The number of hydrogen-bond acceptors (Lipinski definition) is 1. The maximum absolute atomic E-state index is 7.53. The minimum atomic E-state index is -0.533. The molecule has 10 rings (SSSR count). The fraction of sp³-hybridized carbons (Fsp3) is 0. The van der Waals surface area contributed by atoms with E-state index in [1.807, 2.05) is 0 Å². The normalized spacial score (nSPS) is 11.5. The summed E-state index contributed by atoms with van der Waals surface area (Å²) in [5.74, 6) is 0. The lowest BCUT2D eigenvalue weighted by Crippen LogP contribution is -2.58. The summed E-state index contributed by atoms with van der Waals surface area (Å²) in [6, 6.07) is 0. The van der Waals surface area contributed by atoms with E-state index in [4.69, 9.17) is 298 Å². The van der Waals surface area contributed by atoms with Crippen molar-refractivity contribution in [1.29, 1.82) is 0 Å². The van der Waals surface area contributed by atoms with Crippen molar-refractivity contribution in [3.8, 4) is 50.2 Å². The van der Waals surface area contributed by atoms with Crippen LogP contribution in [-0.4, -0.2) is 303 Å². The Labute approximate surface area is 599 Å². The molecule has 0 spiro atoms. The van der Waals surface area contributed by atoms with Crippen LogP contribution in [-0.2, 0) is 0 Å². The Balaban J connectivity index is 1.40. The van der Waals surface area contributed by atoms with Crippen molar-refractivity contribution >= 4 is 545 Å². The van der Waals surface area contributed by atoms with Crippen LogP contribution in [0.15, 0.2) is 0 Å². The standard InChI is InChI=1S/C54B38N2/c55-11-3(1-2-10-24(68)31(75)37(81)45(89)50(10)93(49(2)44(88)32(76)12(1)56)54-47(91)38(82)36(80)39(83)48(54)92)13(57)26(70)14(58)4(11)9-19(63)33(77)46(90)51(25(9)69)94(52-40(84)20(64)7(21(65)41(52)85)5-15(59)27(71)34(78)28(72)16(5)60)53-42(86)22(66)8(23(67)43(53)87)6-17(61)29(73)35(79)30(74)18(6)62. The van der Waals surface area contributed by atoms with Crippen molar-refractivity contribution in [2.75, 3.05) is 4.90 Å². The largest absolute Gasteiger partial charge is 0.314 e. The number of hydrogen-bond donors (Lipinski definition) is 0. The average Bonchev–Trinajstić information content (AvgIpc) is 1.44. The van der Waals surface area contributed by atoms with Gasteiger partial charge in [0.1, 0.15) is 298 Å². The second-order valence-corrected chi connectivity index (χ2v) is 22.2. The molecule has 10 aromatic rings. The van der Waals surface area contributed by atoms with E-state index in [0.29, 0.717) is 0 Å². The van der Waals surface area contributed by atoms with Crippen molar-refractivity contribution in [3.05, 3.63) is 0 Å². The topological polar surface area (TPSA) is 8.17 Å². The maximum atomic E-state index is 7.53. The van der Waals surface area contributed by atoms with Crippen molar-refractivity contribution < 1.29 is 0 Å². The van der Waals surface area contributed by atoms with Crippen LogP contribution < -0.4 is 212 Å². The molecule has 0 aliphatic carbocycles. The van der Waals surface area contributed by atoms with E-state index in [2.05, 4.69) is 0 Å². The molecule has 40 heteroatoms. The summed E-state index contributed by atoms with van der Waals surface area (Å²) >= 11 is 0. The van der Waals surface area contributed by atoms with Crippen LogP contribution in [0.25, 0.3) is 72.0 Å². The van der Waals surface area contributed by atoms with Crippen molar-refractivity contribution in [3.63, 3.8) is 0 Å². The number of anilines is 3. The lowest BCUT2D eigenvalue weighted by atomic mass is 9.55. The van der Waals surface area contributed by atoms with Crippen LogP contribution >= 0.6 is 0 Å². The Morgan fingerprint density at radius 3 is 0.660 bits per heavy atom. The minimum Gasteiger partial charge on any atom is -0.314 e. The fourth-order valence-corrected chi connectivity index (χ4v) is 12.2. The van der Waals surface area contributed by atoms with Gasteiger partial charge in [-0.15, -0.1) is 76.5 Å². The summed E-state index contributed by atoms with van der Waals surface area (Å²) in [5.41, 5.74) is -15.3. The van der Waals surface area contributed by atoms with Crippen molar-refractivity contribution in [1.82, 2.24) is 4.57 Å². The lowest BCUT2D eigenvalue weighted by molar-refractivity contribution is 1.22. The van der Waals surface area contributed by atoms with Crippen LogP contribution in [0.2, 0.25) is 0 Å². The monoisotopic (exact) mass is 1090 g/mol. The summed E-state index contributed by atoms with van der Waals surface area (Å²) in [7, 11) is 259. The van der Waals surface area contributed by atoms with Gasteiger partial charge in [-0.2, -0.15) is 0 Å². The van der Waals surface area contributed by atoms with Crippen molar-refractivity contribution in [2.45, 2.75) is 0 Å². The van der Waals surface area contributed by atoms with Crippen LogP contribution in [0, 0.1) is 0 Å². The zero-order chi connectivity index (χ0) is 70.3. The molecule has 0 saturated heterocycles. The Bertz CT molecular complexity index is 4900. The molecule has 0 unspecified atom stereocenters. The van der Waals surface area contributed by atoms with Crippen LogP contribution in [0.4, 0.5) is 17.1 Å². The number of aromatic nitrogens is 1. The van der Waals surface area contributed by atoms with Gasteiger partial charge in [0.25, 0.3) is 0 Å². The molecule has 9 aromatic carbocycles. The van der Waals surface area contributed by atoms with Crippen LogP contribution in [0.5, 0.6) is 0 Å². The quantitative estimate of drug-likeness (QED) is 0.138. The number of benzene rings is 9. The Morgan fingerprint density at radius 1 is 0.138 bits per heavy atom. The van der Waals surface area contributed by atoms with Gasteiger partial charge in [0.15, 0.2) is 0 Å². The Morgan fingerprint density at radius 2 is 0.319 bits per heavy atom. The Hall–Kier alpha value is -4.95. The molecule has 94 heavy (non-hydrogen) atoms. The van der Waals surface area contributed by atoms with Crippen LogP contribution in [0.3, 0.4) is 0 Å². The maximum Gasteiger partial charge on any atom is 0.117 e. The molecule has 0 aliphatic heterocycles. The minimum absolute atomic E-state index is 0.0216. The summed E-state index contributed by atoms with van der Waals surface area (Å²) in [5, 5.41) is -0.0671. The highest BCUT2D eigenvalue weighted by molar-refractivity contribution is 6.78. The van der Waals surface area contributed by atoms with E-state index in [0.717, 1.165) is 4.90 Å². The van der Waals surface area contributed by atoms with Gasteiger partial charge in [-0.1, -0.05) is 131 Å². The Kier molecular flexibility index (Phi) is 19.2. The molecule has 0 aliphatic rings. The SMILES string of the molecule is [B]c1c([B])c([B])c(-c2c([B])c([B])c(N(c3c([B])c([B])c(-c4c([B])c([B])c([B])c([B])c4[B])c([B])c3[B])c3c([B])c([B])c([B])c(-c4c([B])c([B])c([B])c(-c5c([B])c([B])c([B])c6c5c5c([B])c([B])c([B])c([B])c5n6-c5c([B])c([B])c([B])c([B])c5[B])c4[B])c3[B])c([B])c2[B])c([B])c1[B]. The van der Waals surface area contributed by atoms with E-state index in [9.17, 15) is 0 Å². The molecule has 340 valence electrons. The third-order valence-electron chi connectivity index (χ3n) is 17.4. The molecule has 76 radical (unpaired) electrons. The zero-order valence-corrected chi connectivity index (χ0v) is 49.8. The highest BCUT2D eigenvalue weighted by Crippen LogP contribution is 2.35. The second kappa shape index (κ2) is 25.1. The number of fused-ring (bicyclic) bond motifs is 3. The predicted molar refractivity (Wildman–Crippen MR) is 442 cm³/mol. The molecular formula is C54B38N2. The highest BCUT2D eigenvalue weighted by atomic mass is 15.2. The van der Waals surface area contributed by atoms with Gasteiger partial charge in [0, 0.05) is 44.6 Å². The molecule has 0 bridgehead atoms. The molecular weight excluding hydrogens is 1090 g/mol. The summed E-state index contributed by atoms with van der Waals surface area (Å²) < 4.78 is 1.34.